The maximum absolute atomic E-state index is 12.6. The van der Waals surface area contributed by atoms with Crippen LogP contribution in [0.5, 0.6) is 0 Å². The summed E-state index contributed by atoms with van der Waals surface area (Å²) in [5.74, 6) is 1.37. The maximum atomic E-state index is 12.6. The van der Waals surface area contributed by atoms with E-state index in [4.69, 9.17) is 4.98 Å². The van der Waals surface area contributed by atoms with Gasteiger partial charge in [-0.2, -0.15) is 0 Å². The van der Waals surface area contributed by atoms with Crippen LogP contribution in [-0.4, -0.2) is 33.4 Å². The van der Waals surface area contributed by atoms with Crippen LogP contribution in [-0.2, 0) is 17.8 Å². The van der Waals surface area contributed by atoms with Crippen molar-refractivity contribution in [2.45, 2.75) is 32.2 Å². The summed E-state index contributed by atoms with van der Waals surface area (Å²) in [6.45, 7) is 8.35. The van der Waals surface area contributed by atoms with Gasteiger partial charge in [0.2, 0.25) is 5.91 Å². The van der Waals surface area contributed by atoms with Gasteiger partial charge in [-0.15, -0.1) is 0 Å². The summed E-state index contributed by atoms with van der Waals surface area (Å²) >= 11 is 0. The third-order valence-electron chi connectivity index (χ3n) is 5.20. The van der Waals surface area contributed by atoms with Crippen LogP contribution < -0.4 is 0 Å². The SMILES string of the molecule is C=C(C)Cn1c([C@H]2CC(=O)N(CCc3ccccc3)C2)nc2ccccc21. The van der Waals surface area contributed by atoms with Gasteiger partial charge < -0.3 is 9.47 Å². The van der Waals surface area contributed by atoms with Gasteiger partial charge in [-0.1, -0.05) is 54.6 Å². The molecule has 138 valence electrons. The number of hydrogen-bond donors (Lipinski definition) is 0. The zero-order chi connectivity index (χ0) is 18.8. The minimum absolute atomic E-state index is 0.139. The van der Waals surface area contributed by atoms with E-state index in [2.05, 4.69) is 29.3 Å². The van der Waals surface area contributed by atoms with E-state index in [9.17, 15) is 4.79 Å². The normalized spacial score (nSPS) is 17.0. The van der Waals surface area contributed by atoms with Crippen LogP contribution in [0.3, 0.4) is 0 Å². The highest BCUT2D eigenvalue weighted by Crippen LogP contribution is 2.31. The van der Waals surface area contributed by atoms with Crippen molar-refractivity contribution in [2.75, 3.05) is 13.1 Å². The van der Waals surface area contributed by atoms with Crippen molar-refractivity contribution >= 4 is 16.9 Å². The molecule has 1 aliphatic heterocycles. The summed E-state index contributed by atoms with van der Waals surface area (Å²) in [5, 5.41) is 0. The molecule has 27 heavy (non-hydrogen) atoms. The monoisotopic (exact) mass is 359 g/mol. The number of hydrogen-bond acceptors (Lipinski definition) is 2. The maximum Gasteiger partial charge on any atom is 0.223 e. The number of allylic oxidation sites excluding steroid dienone is 1. The first kappa shape index (κ1) is 17.5. The Morgan fingerprint density at radius 1 is 1.15 bits per heavy atom. The van der Waals surface area contributed by atoms with Gasteiger partial charge in [0.1, 0.15) is 5.82 Å². The Balaban J connectivity index is 1.55. The Morgan fingerprint density at radius 3 is 2.67 bits per heavy atom. The molecule has 0 spiro atoms. The number of nitrogens with zero attached hydrogens (tertiary/aromatic N) is 3. The number of benzene rings is 2. The number of aromatic nitrogens is 2. The molecule has 0 aliphatic carbocycles. The summed E-state index contributed by atoms with van der Waals surface area (Å²) in [7, 11) is 0. The summed E-state index contributed by atoms with van der Waals surface area (Å²) in [4.78, 5) is 19.5. The van der Waals surface area contributed by atoms with Crippen molar-refractivity contribution in [3.63, 3.8) is 0 Å². The average Bonchev–Trinajstić information content (AvgIpc) is 3.21. The molecule has 1 atom stereocenters. The zero-order valence-corrected chi connectivity index (χ0v) is 15.8. The van der Waals surface area contributed by atoms with Gasteiger partial charge in [0.25, 0.3) is 0 Å². The molecular weight excluding hydrogens is 334 g/mol. The van der Waals surface area contributed by atoms with Gasteiger partial charge in [0.15, 0.2) is 0 Å². The molecule has 4 nitrogen and oxygen atoms in total. The van der Waals surface area contributed by atoms with E-state index in [0.717, 1.165) is 48.5 Å². The van der Waals surface area contributed by atoms with Crippen molar-refractivity contribution in [3.05, 3.63) is 78.1 Å². The second-order valence-electron chi connectivity index (χ2n) is 7.48. The van der Waals surface area contributed by atoms with Crippen LogP contribution >= 0.6 is 0 Å². The quantitative estimate of drug-likeness (QED) is 0.620. The number of amides is 1. The van der Waals surface area contributed by atoms with E-state index >= 15 is 0 Å². The summed E-state index contributed by atoms with van der Waals surface area (Å²) < 4.78 is 2.23. The van der Waals surface area contributed by atoms with E-state index in [1.807, 2.05) is 48.2 Å². The second kappa shape index (κ2) is 7.39. The Labute approximate surface area is 160 Å². The number of carbonyl (C=O) groups is 1. The average molecular weight is 359 g/mol. The van der Waals surface area contributed by atoms with E-state index in [0.29, 0.717) is 6.42 Å². The van der Waals surface area contributed by atoms with E-state index in [-0.39, 0.29) is 11.8 Å². The number of rotatable bonds is 6. The zero-order valence-electron chi connectivity index (χ0n) is 15.8. The first-order chi connectivity index (χ1) is 13.1. The summed E-state index contributed by atoms with van der Waals surface area (Å²) in [5.41, 5.74) is 4.46. The van der Waals surface area contributed by atoms with Gasteiger partial charge in [0.05, 0.1) is 11.0 Å². The Hall–Kier alpha value is -2.88. The molecule has 4 heteroatoms. The predicted molar refractivity (Wildman–Crippen MR) is 109 cm³/mol. The van der Waals surface area contributed by atoms with Gasteiger partial charge in [-0.05, 0) is 31.0 Å². The molecule has 0 bridgehead atoms. The van der Waals surface area contributed by atoms with Crippen molar-refractivity contribution in [1.29, 1.82) is 0 Å². The second-order valence-corrected chi connectivity index (χ2v) is 7.48. The molecule has 0 radical (unpaired) electrons. The van der Waals surface area contributed by atoms with Crippen LogP contribution in [0.2, 0.25) is 0 Å². The van der Waals surface area contributed by atoms with Crippen molar-refractivity contribution in [3.8, 4) is 0 Å². The highest BCUT2D eigenvalue weighted by molar-refractivity contribution is 5.81. The van der Waals surface area contributed by atoms with E-state index in [1.165, 1.54) is 5.56 Å². The number of imidazole rings is 1. The molecular formula is C23H25N3O. The number of fused-ring (bicyclic) bond motifs is 1. The van der Waals surface area contributed by atoms with E-state index < -0.39 is 0 Å². The third kappa shape index (κ3) is 3.65. The molecule has 0 N–H and O–H groups in total. The van der Waals surface area contributed by atoms with Crippen LogP contribution in [0.1, 0.15) is 30.7 Å². The third-order valence-corrected chi connectivity index (χ3v) is 5.20. The fraction of sp³-hybridized carbons (Fsp3) is 0.304. The predicted octanol–water partition coefficient (Wildman–Crippen LogP) is 4.17. The molecule has 0 saturated carbocycles. The van der Waals surface area contributed by atoms with Gasteiger partial charge in [-0.25, -0.2) is 4.98 Å². The fourth-order valence-corrected chi connectivity index (χ4v) is 3.91. The Kier molecular flexibility index (Phi) is 4.80. The van der Waals surface area contributed by atoms with Crippen LogP contribution in [0.15, 0.2) is 66.7 Å². The van der Waals surface area contributed by atoms with Crippen molar-refractivity contribution in [1.82, 2.24) is 14.5 Å². The molecule has 1 aromatic heterocycles. The lowest BCUT2D eigenvalue weighted by molar-refractivity contribution is -0.127. The standard InChI is InChI=1S/C23H25N3O/c1-17(2)15-26-21-11-7-6-10-20(21)24-23(26)19-14-22(27)25(16-19)13-12-18-8-4-3-5-9-18/h3-11,19H,1,12-16H2,2H3/t19-/m0/s1. The molecule has 2 aromatic carbocycles. The lowest BCUT2D eigenvalue weighted by atomic mass is 10.1. The lowest BCUT2D eigenvalue weighted by Crippen LogP contribution is -2.27. The topological polar surface area (TPSA) is 38.1 Å². The van der Waals surface area contributed by atoms with Crippen LogP contribution in [0.4, 0.5) is 0 Å². The molecule has 1 aliphatic rings. The van der Waals surface area contributed by atoms with Crippen molar-refractivity contribution in [2.24, 2.45) is 0 Å². The van der Waals surface area contributed by atoms with Crippen LogP contribution in [0.25, 0.3) is 11.0 Å². The summed E-state index contributed by atoms with van der Waals surface area (Å²) in [6, 6.07) is 18.5. The van der Waals surface area contributed by atoms with Gasteiger partial charge in [0, 0.05) is 32.0 Å². The van der Waals surface area contributed by atoms with Crippen molar-refractivity contribution < 1.29 is 4.79 Å². The Bertz CT molecular complexity index is 974. The van der Waals surface area contributed by atoms with Gasteiger partial charge in [-0.3, -0.25) is 4.79 Å². The van der Waals surface area contributed by atoms with Gasteiger partial charge >= 0.3 is 0 Å². The molecule has 2 heterocycles. The molecule has 0 unspecified atom stereocenters. The number of para-hydroxylation sites is 2. The lowest BCUT2D eigenvalue weighted by Gasteiger charge is -2.17. The number of likely N-dealkylation sites (tertiary alicyclic amines) is 1. The minimum atomic E-state index is 0.139. The molecule has 3 aromatic rings. The minimum Gasteiger partial charge on any atom is -0.342 e. The largest absolute Gasteiger partial charge is 0.342 e. The first-order valence-corrected chi connectivity index (χ1v) is 9.53. The molecule has 4 rings (SSSR count). The first-order valence-electron chi connectivity index (χ1n) is 9.53. The molecule has 1 amide bonds. The fourth-order valence-electron chi connectivity index (χ4n) is 3.91. The van der Waals surface area contributed by atoms with Crippen LogP contribution in [0, 0.1) is 0 Å². The Morgan fingerprint density at radius 2 is 1.89 bits per heavy atom. The highest BCUT2D eigenvalue weighted by atomic mass is 16.2. The highest BCUT2D eigenvalue weighted by Gasteiger charge is 2.33. The molecule has 1 fully saturated rings. The summed E-state index contributed by atoms with van der Waals surface area (Å²) in [6.07, 6.45) is 1.43. The molecule has 1 saturated heterocycles. The van der Waals surface area contributed by atoms with E-state index in [1.54, 1.807) is 0 Å². The number of carbonyl (C=O) groups excluding carboxylic acids is 1. The smallest absolute Gasteiger partial charge is 0.223 e.